The molecule has 6 heteroatoms. The van der Waals surface area contributed by atoms with Gasteiger partial charge in [0.2, 0.25) is 5.91 Å². The molecule has 0 spiro atoms. The molecule has 1 heterocycles. The first-order valence-electron chi connectivity index (χ1n) is 6.64. The number of halogens is 1. The highest BCUT2D eigenvalue weighted by Gasteiger charge is 2.12. The van der Waals surface area contributed by atoms with Crippen molar-refractivity contribution in [3.63, 3.8) is 0 Å². The van der Waals surface area contributed by atoms with Crippen LogP contribution < -0.4 is 10.1 Å². The smallest absolute Gasteiger partial charge is 0.234 e. The maximum Gasteiger partial charge on any atom is 0.234 e. The molecule has 112 valence electrons. The Balaban J connectivity index is 2.09. The standard InChI is InChI=1S/C16H14FN3O2/c1-11(20-16(21)6-7-18)12-4-5-15(14(17)9-12)22-13-3-2-8-19-10-13/h2-5,8-11H,6H2,1H3,(H,20,21)/t11-/m0/s1. The fourth-order valence-electron chi connectivity index (χ4n) is 1.85. The Labute approximate surface area is 127 Å². The molecule has 1 amide bonds. The number of benzene rings is 1. The number of carbonyl (C=O) groups excluding carboxylic acids is 1. The van der Waals surface area contributed by atoms with Gasteiger partial charge in [0.15, 0.2) is 11.6 Å². The fourth-order valence-corrected chi connectivity index (χ4v) is 1.85. The molecular weight excluding hydrogens is 285 g/mol. The molecule has 0 saturated heterocycles. The van der Waals surface area contributed by atoms with Gasteiger partial charge in [-0.15, -0.1) is 0 Å². The number of pyridine rings is 1. The van der Waals surface area contributed by atoms with Gasteiger partial charge in [0.05, 0.1) is 18.3 Å². The van der Waals surface area contributed by atoms with Gasteiger partial charge in [-0.05, 0) is 36.8 Å². The van der Waals surface area contributed by atoms with Crippen LogP contribution >= 0.6 is 0 Å². The Morgan fingerprint density at radius 2 is 2.32 bits per heavy atom. The summed E-state index contributed by atoms with van der Waals surface area (Å²) in [7, 11) is 0. The average molecular weight is 299 g/mol. The second-order valence-corrected chi connectivity index (χ2v) is 4.60. The van der Waals surface area contributed by atoms with Crippen molar-refractivity contribution in [1.82, 2.24) is 10.3 Å². The van der Waals surface area contributed by atoms with E-state index in [1.165, 1.54) is 18.3 Å². The molecule has 0 unspecified atom stereocenters. The zero-order chi connectivity index (χ0) is 15.9. The van der Waals surface area contributed by atoms with Crippen molar-refractivity contribution >= 4 is 5.91 Å². The second-order valence-electron chi connectivity index (χ2n) is 4.60. The van der Waals surface area contributed by atoms with Crippen LogP contribution in [0.4, 0.5) is 4.39 Å². The van der Waals surface area contributed by atoms with Crippen molar-refractivity contribution in [1.29, 1.82) is 5.26 Å². The number of amides is 1. The quantitative estimate of drug-likeness (QED) is 0.920. The lowest BCUT2D eigenvalue weighted by molar-refractivity contribution is -0.120. The third kappa shape index (κ3) is 4.03. The lowest BCUT2D eigenvalue weighted by atomic mass is 10.1. The molecule has 0 aliphatic heterocycles. The van der Waals surface area contributed by atoms with Crippen molar-refractivity contribution in [3.05, 3.63) is 54.1 Å². The molecule has 2 rings (SSSR count). The van der Waals surface area contributed by atoms with Crippen LogP contribution in [0, 0.1) is 17.1 Å². The van der Waals surface area contributed by atoms with E-state index in [1.807, 2.05) is 0 Å². The van der Waals surface area contributed by atoms with Crippen LogP contribution in [0.2, 0.25) is 0 Å². The van der Waals surface area contributed by atoms with Gasteiger partial charge in [-0.3, -0.25) is 9.78 Å². The van der Waals surface area contributed by atoms with E-state index >= 15 is 0 Å². The maximum atomic E-state index is 14.1. The summed E-state index contributed by atoms with van der Waals surface area (Å²) in [6.07, 6.45) is 2.85. The monoisotopic (exact) mass is 299 g/mol. The molecule has 2 aromatic rings. The van der Waals surface area contributed by atoms with E-state index in [2.05, 4.69) is 10.3 Å². The molecule has 0 bridgehead atoms. The van der Waals surface area contributed by atoms with Gasteiger partial charge in [-0.1, -0.05) is 6.07 Å². The lowest BCUT2D eigenvalue weighted by Gasteiger charge is -2.14. The van der Waals surface area contributed by atoms with Crippen LogP contribution in [0.1, 0.15) is 24.9 Å². The Hall–Kier alpha value is -2.94. The molecule has 1 atom stereocenters. The van der Waals surface area contributed by atoms with Crippen LogP contribution in [-0.2, 0) is 4.79 Å². The van der Waals surface area contributed by atoms with Gasteiger partial charge in [0, 0.05) is 6.20 Å². The molecule has 0 saturated carbocycles. The molecular formula is C16H14FN3O2. The number of nitrogens with zero attached hydrogens (tertiary/aromatic N) is 2. The summed E-state index contributed by atoms with van der Waals surface area (Å²) >= 11 is 0. The third-order valence-electron chi connectivity index (χ3n) is 2.94. The van der Waals surface area contributed by atoms with E-state index in [0.717, 1.165) is 0 Å². The number of carbonyl (C=O) groups is 1. The topological polar surface area (TPSA) is 75.0 Å². The number of ether oxygens (including phenoxy) is 1. The Kier molecular flexibility index (Phi) is 5.04. The van der Waals surface area contributed by atoms with Crippen LogP contribution in [-0.4, -0.2) is 10.9 Å². The second kappa shape index (κ2) is 7.18. The Morgan fingerprint density at radius 3 is 2.95 bits per heavy atom. The summed E-state index contributed by atoms with van der Waals surface area (Å²) in [5, 5.41) is 11.1. The lowest BCUT2D eigenvalue weighted by Crippen LogP contribution is -2.25. The highest BCUT2D eigenvalue weighted by Crippen LogP contribution is 2.26. The summed E-state index contributed by atoms with van der Waals surface area (Å²) < 4.78 is 19.5. The van der Waals surface area contributed by atoms with E-state index in [-0.39, 0.29) is 12.2 Å². The van der Waals surface area contributed by atoms with Crippen LogP contribution in [0.25, 0.3) is 0 Å². The van der Waals surface area contributed by atoms with Crippen molar-refractivity contribution in [2.45, 2.75) is 19.4 Å². The number of nitriles is 1. The summed E-state index contributed by atoms with van der Waals surface area (Å²) in [5.74, 6) is -0.425. The van der Waals surface area contributed by atoms with Crippen LogP contribution in [0.5, 0.6) is 11.5 Å². The first kappa shape index (κ1) is 15.4. The predicted molar refractivity (Wildman–Crippen MR) is 77.5 cm³/mol. The van der Waals surface area contributed by atoms with Gasteiger partial charge in [-0.2, -0.15) is 5.26 Å². The average Bonchev–Trinajstić information content (AvgIpc) is 2.50. The molecule has 0 fully saturated rings. The van der Waals surface area contributed by atoms with Crippen LogP contribution in [0.3, 0.4) is 0 Å². The molecule has 0 aliphatic carbocycles. The molecule has 0 radical (unpaired) electrons. The minimum Gasteiger partial charge on any atom is -0.453 e. The first-order valence-corrected chi connectivity index (χ1v) is 6.64. The van der Waals surface area contributed by atoms with Crippen LogP contribution in [0.15, 0.2) is 42.7 Å². The first-order chi connectivity index (χ1) is 10.6. The maximum absolute atomic E-state index is 14.1. The van der Waals surface area contributed by atoms with Crippen molar-refractivity contribution < 1.29 is 13.9 Å². The van der Waals surface area contributed by atoms with E-state index in [4.69, 9.17) is 10.00 Å². The third-order valence-corrected chi connectivity index (χ3v) is 2.94. The normalized spacial score (nSPS) is 11.3. The van der Waals surface area contributed by atoms with Gasteiger partial charge < -0.3 is 10.1 Å². The van der Waals surface area contributed by atoms with Crippen molar-refractivity contribution in [2.24, 2.45) is 0 Å². The predicted octanol–water partition coefficient (Wildman–Crippen LogP) is 3.10. The number of rotatable bonds is 5. The number of nitrogens with one attached hydrogen (secondary N) is 1. The van der Waals surface area contributed by atoms with Gasteiger partial charge in [0.1, 0.15) is 12.2 Å². The molecule has 22 heavy (non-hydrogen) atoms. The van der Waals surface area contributed by atoms with E-state index in [0.29, 0.717) is 11.3 Å². The molecule has 0 aliphatic rings. The summed E-state index contributed by atoms with van der Waals surface area (Å²) in [6, 6.07) is 9.16. The number of hydrogen-bond acceptors (Lipinski definition) is 4. The SMILES string of the molecule is C[C@H](NC(=O)CC#N)c1ccc(Oc2cccnc2)c(F)c1. The van der Waals surface area contributed by atoms with Gasteiger partial charge in [-0.25, -0.2) is 4.39 Å². The minimum atomic E-state index is -0.539. The zero-order valence-electron chi connectivity index (χ0n) is 11.9. The van der Waals surface area contributed by atoms with Crippen molar-refractivity contribution in [3.8, 4) is 17.6 Å². The molecule has 1 aromatic heterocycles. The number of hydrogen-bond donors (Lipinski definition) is 1. The van der Waals surface area contributed by atoms with E-state index < -0.39 is 17.8 Å². The number of aromatic nitrogens is 1. The fraction of sp³-hybridized carbons (Fsp3) is 0.188. The summed E-state index contributed by atoms with van der Waals surface area (Å²) in [4.78, 5) is 15.2. The van der Waals surface area contributed by atoms with E-state index in [9.17, 15) is 9.18 Å². The van der Waals surface area contributed by atoms with E-state index in [1.54, 1.807) is 37.4 Å². The highest BCUT2D eigenvalue weighted by molar-refractivity contribution is 5.78. The van der Waals surface area contributed by atoms with Crippen molar-refractivity contribution in [2.75, 3.05) is 0 Å². The molecule has 1 N–H and O–H groups in total. The van der Waals surface area contributed by atoms with Gasteiger partial charge in [0.25, 0.3) is 0 Å². The molecule has 1 aromatic carbocycles. The van der Waals surface area contributed by atoms with Gasteiger partial charge >= 0.3 is 0 Å². The summed E-state index contributed by atoms with van der Waals surface area (Å²) in [5.41, 5.74) is 0.585. The molecule has 5 nitrogen and oxygen atoms in total. The Morgan fingerprint density at radius 1 is 1.50 bits per heavy atom. The summed E-state index contributed by atoms with van der Waals surface area (Å²) in [6.45, 7) is 1.71. The Bertz CT molecular complexity index is 698. The highest BCUT2D eigenvalue weighted by atomic mass is 19.1. The zero-order valence-corrected chi connectivity index (χ0v) is 11.9. The largest absolute Gasteiger partial charge is 0.453 e. The minimum absolute atomic E-state index is 0.0762.